The largest absolute Gasteiger partial charge is 0.456 e. The predicted octanol–water partition coefficient (Wildman–Crippen LogP) is 5.55. The van der Waals surface area contributed by atoms with E-state index in [0.717, 1.165) is 16.7 Å². The number of aryl methyl sites for hydroxylation is 2. The highest BCUT2D eigenvalue weighted by atomic mass is 35.5. The van der Waals surface area contributed by atoms with E-state index < -0.39 is 5.82 Å². The highest BCUT2D eigenvalue weighted by Gasteiger charge is 2.16. The number of halogens is 2. The van der Waals surface area contributed by atoms with E-state index in [1.54, 1.807) is 30.6 Å². The van der Waals surface area contributed by atoms with Crippen LogP contribution in [0.15, 0.2) is 55.1 Å². The van der Waals surface area contributed by atoms with E-state index in [2.05, 4.69) is 25.3 Å². The molecule has 0 bridgehead atoms. The van der Waals surface area contributed by atoms with Crippen LogP contribution in [0.1, 0.15) is 5.69 Å². The molecule has 0 radical (unpaired) electrons. The minimum Gasteiger partial charge on any atom is -0.456 e. The number of benzene rings is 2. The van der Waals surface area contributed by atoms with Crippen molar-refractivity contribution in [2.75, 3.05) is 5.32 Å². The second-order valence-electron chi connectivity index (χ2n) is 7.01. The molecule has 0 aliphatic carbocycles. The molecule has 5 aromatic rings. The van der Waals surface area contributed by atoms with Crippen LogP contribution < -0.4 is 10.1 Å². The van der Waals surface area contributed by atoms with E-state index in [4.69, 9.17) is 16.3 Å². The van der Waals surface area contributed by atoms with Gasteiger partial charge in [0.1, 0.15) is 28.4 Å². The molecule has 0 amide bonds. The van der Waals surface area contributed by atoms with Crippen molar-refractivity contribution in [3.63, 3.8) is 0 Å². The second-order valence-corrected chi connectivity index (χ2v) is 7.39. The fraction of sp³-hybridized carbons (Fsp3) is 0.0909. The Kier molecular flexibility index (Phi) is 4.63. The highest BCUT2D eigenvalue weighted by molar-refractivity contribution is 6.32. The zero-order valence-electron chi connectivity index (χ0n) is 16.6. The fourth-order valence-electron chi connectivity index (χ4n) is 3.27. The van der Waals surface area contributed by atoms with Crippen LogP contribution in [-0.2, 0) is 7.05 Å². The summed E-state index contributed by atoms with van der Waals surface area (Å²) in [6.07, 6.45) is 3.11. The Hall–Kier alpha value is -3.78. The lowest BCUT2D eigenvalue weighted by Gasteiger charge is -2.13. The van der Waals surface area contributed by atoms with Crippen molar-refractivity contribution in [1.29, 1.82) is 0 Å². The van der Waals surface area contributed by atoms with Crippen LogP contribution in [0.2, 0.25) is 5.02 Å². The molecule has 0 aliphatic rings. The number of aromatic nitrogens is 5. The van der Waals surface area contributed by atoms with Crippen LogP contribution in [0.25, 0.3) is 22.1 Å². The van der Waals surface area contributed by atoms with Gasteiger partial charge in [-0.15, -0.1) is 0 Å². The Labute approximate surface area is 181 Å². The normalized spacial score (nSPS) is 11.2. The van der Waals surface area contributed by atoms with Crippen molar-refractivity contribution in [2.45, 2.75) is 6.92 Å². The number of hydrogen-bond donors (Lipinski definition) is 1. The second kappa shape index (κ2) is 7.48. The minimum atomic E-state index is -0.655. The van der Waals surface area contributed by atoms with Crippen LogP contribution in [-0.4, -0.2) is 24.5 Å². The number of ether oxygens (including phenoxy) is 1. The summed E-state index contributed by atoms with van der Waals surface area (Å²) in [4.78, 5) is 17.1. The first-order valence-electron chi connectivity index (χ1n) is 9.42. The lowest BCUT2D eigenvalue weighted by atomic mass is 10.2. The summed E-state index contributed by atoms with van der Waals surface area (Å²) in [6, 6.07) is 12.3. The van der Waals surface area contributed by atoms with Gasteiger partial charge in [-0.05, 0) is 43.3 Å². The average Bonchev–Trinajstić information content (AvgIpc) is 3.14. The van der Waals surface area contributed by atoms with Gasteiger partial charge in [-0.1, -0.05) is 11.6 Å². The molecule has 0 unspecified atom stereocenters. The van der Waals surface area contributed by atoms with E-state index in [1.165, 1.54) is 6.33 Å². The fourth-order valence-corrected chi connectivity index (χ4v) is 3.47. The van der Waals surface area contributed by atoms with Crippen LogP contribution in [0, 0.1) is 12.7 Å². The van der Waals surface area contributed by atoms with Gasteiger partial charge in [0, 0.05) is 18.8 Å². The lowest BCUT2D eigenvalue weighted by molar-refractivity contribution is 0.478. The first-order valence-corrected chi connectivity index (χ1v) is 9.80. The molecule has 3 aromatic heterocycles. The maximum absolute atomic E-state index is 15.0. The van der Waals surface area contributed by atoms with Gasteiger partial charge in [0.25, 0.3) is 0 Å². The maximum atomic E-state index is 15.0. The molecule has 0 fully saturated rings. The Morgan fingerprint density at radius 3 is 2.77 bits per heavy atom. The van der Waals surface area contributed by atoms with Gasteiger partial charge in [0.15, 0.2) is 11.6 Å². The Bertz CT molecular complexity index is 1450. The smallest absolute Gasteiger partial charge is 0.169 e. The summed E-state index contributed by atoms with van der Waals surface area (Å²) in [6.45, 7) is 1.86. The van der Waals surface area contributed by atoms with E-state index in [9.17, 15) is 0 Å². The molecule has 1 N–H and O–H groups in total. The van der Waals surface area contributed by atoms with Crippen molar-refractivity contribution in [3.05, 3.63) is 71.7 Å². The quantitative estimate of drug-likeness (QED) is 0.399. The number of hydrogen-bond acceptors (Lipinski definition) is 6. The molecule has 154 valence electrons. The molecule has 0 aliphatic heterocycles. The van der Waals surface area contributed by atoms with Crippen LogP contribution in [0.3, 0.4) is 0 Å². The number of fused-ring (bicyclic) bond motifs is 2. The van der Waals surface area contributed by atoms with Crippen molar-refractivity contribution < 1.29 is 9.13 Å². The minimum absolute atomic E-state index is 0.145. The van der Waals surface area contributed by atoms with Gasteiger partial charge in [-0.2, -0.15) is 0 Å². The first kappa shape index (κ1) is 19.2. The molecular formula is C22H16ClFN6O. The summed E-state index contributed by atoms with van der Waals surface area (Å²) < 4.78 is 22.7. The van der Waals surface area contributed by atoms with Gasteiger partial charge in [0.05, 0.1) is 28.6 Å². The number of pyridine rings is 1. The van der Waals surface area contributed by atoms with E-state index in [-0.39, 0.29) is 16.5 Å². The van der Waals surface area contributed by atoms with Crippen LogP contribution in [0.4, 0.5) is 15.9 Å². The first-order chi connectivity index (χ1) is 15.0. The van der Waals surface area contributed by atoms with Crippen LogP contribution in [0.5, 0.6) is 11.5 Å². The number of imidazole rings is 1. The monoisotopic (exact) mass is 434 g/mol. The maximum Gasteiger partial charge on any atom is 0.169 e. The third kappa shape index (κ3) is 3.51. The molecule has 5 rings (SSSR count). The summed E-state index contributed by atoms with van der Waals surface area (Å²) in [5.74, 6) is 0.437. The van der Waals surface area contributed by atoms with Crippen molar-refractivity contribution in [1.82, 2.24) is 24.5 Å². The summed E-state index contributed by atoms with van der Waals surface area (Å²) in [7, 11) is 1.91. The number of nitrogens with zero attached hydrogens (tertiary/aromatic N) is 5. The van der Waals surface area contributed by atoms with Crippen molar-refractivity contribution in [3.8, 4) is 11.5 Å². The number of nitrogens with one attached hydrogen (secondary N) is 1. The summed E-state index contributed by atoms with van der Waals surface area (Å²) in [5, 5.41) is 2.82. The lowest BCUT2D eigenvalue weighted by Crippen LogP contribution is -2.01. The van der Waals surface area contributed by atoms with Gasteiger partial charge in [0.2, 0.25) is 0 Å². The molecule has 3 heterocycles. The molecule has 31 heavy (non-hydrogen) atoms. The van der Waals surface area contributed by atoms with Crippen molar-refractivity contribution >= 4 is 45.2 Å². The van der Waals surface area contributed by atoms with E-state index in [1.807, 2.05) is 36.7 Å². The molecule has 0 atom stereocenters. The Morgan fingerprint density at radius 1 is 1.03 bits per heavy atom. The zero-order valence-corrected chi connectivity index (χ0v) is 17.4. The third-order valence-electron chi connectivity index (χ3n) is 4.85. The summed E-state index contributed by atoms with van der Waals surface area (Å²) in [5.41, 5.74) is 3.89. The molecule has 0 saturated heterocycles. The molecule has 9 heteroatoms. The third-order valence-corrected chi connectivity index (χ3v) is 5.20. The molecule has 7 nitrogen and oxygen atoms in total. The number of rotatable bonds is 4. The SMILES string of the molecule is Cc1ccc2ncnc(Nc3ccc(Oc4ccc5c(c4)ncn5C)c(Cl)c3F)c2n1. The Morgan fingerprint density at radius 2 is 1.90 bits per heavy atom. The molecule has 2 aromatic carbocycles. The van der Waals surface area contributed by atoms with Gasteiger partial charge in [-0.3, -0.25) is 0 Å². The summed E-state index contributed by atoms with van der Waals surface area (Å²) >= 11 is 6.27. The van der Waals surface area contributed by atoms with E-state index >= 15 is 4.39 Å². The van der Waals surface area contributed by atoms with Gasteiger partial charge < -0.3 is 14.6 Å². The zero-order chi connectivity index (χ0) is 21.5. The predicted molar refractivity (Wildman–Crippen MR) is 118 cm³/mol. The van der Waals surface area contributed by atoms with Crippen molar-refractivity contribution in [2.24, 2.45) is 7.05 Å². The molecular weight excluding hydrogens is 419 g/mol. The Balaban J connectivity index is 1.46. The highest BCUT2D eigenvalue weighted by Crippen LogP contribution is 2.37. The molecule has 0 saturated carbocycles. The average molecular weight is 435 g/mol. The number of anilines is 2. The van der Waals surface area contributed by atoms with Gasteiger partial charge in [-0.25, -0.2) is 24.3 Å². The molecule has 0 spiro atoms. The standard InChI is InChI=1S/C22H16ClFN6O/c1-12-3-5-15-21(28-12)22(26-10-25-15)29-14-6-8-18(19(23)20(14)24)31-13-4-7-17-16(9-13)27-11-30(17)2/h3-11H,1-2H3,(H,25,26,29). The van der Waals surface area contributed by atoms with Gasteiger partial charge >= 0.3 is 0 Å². The van der Waals surface area contributed by atoms with E-state index in [0.29, 0.717) is 22.6 Å². The van der Waals surface area contributed by atoms with Crippen LogP contribution >= 0.6 is 11.6 Å². The topological polar surface area (TPSA) is 77.8 Å².